The van der Waals surface area contributed by atoms with Crippen LogP contribution < -0.4 is 10.6 Å². The van der Waals surface area contributed by atoms with Crippen molar-refractivity contribution in [1.82, 2.24) is 15.5 Å². The Balaban J connectivity index is 2.66. The Morgan fingerprint density at radius 1 is 0.593 bits per heavy atom. The van der Waals surface area contributed by atoms with E-state index in [1.807, 2.05) is 0 Å². The number of esters is 1. The maximum absolute atomic E-state index is 13.8. The third-order valence-corrected chi connectivity index (χ3v) is 12.4. The fraction of sp³-hybridized carbons (Fsp3) is 0.935. The van der Waals surface area contributed by atoms with Gasteiger partial charge < -0.3 is 20.3 Å². The number of piperidine rings is 1. The van der Waals surface area contributed by atoms with Gasteiger partial charge in [0.2, 0.25) is 11.8 Å². The first kappa shape index (κ1) is 50.7. The van der Waals surface area contributed by atoms with E-state index in [0.29, 0.717) is 43.4 Å². The Morgan fingerprint density at radius 2 is 1.09 bits per heavy atom. The molecule has 54 heavy (non-hydrogen) atoms. The number of nitrogens with zero attached hydrogens (tertiary/aromatic N) is 1. The molecule has 3 atom stereocenters. The van der Waals surface area contributed by atoms with Gasteiger partial charge in [-0.05, 0) is 69.7 Å². The van der Waals surface area contributed by atoms with E-state index in [0.717, 1.165) is 64.6 Å². The lowest BCUT2D eigenvalue weighted by Crippen LogP contribution is -2.50. The summed E-state index contributed by atoms with van der Waals surface area (Å²) in [6.07, 6.45) is 33.5. The highest BCUT2D eigenvalue weighted by molar-refractivity contribution is 7.99. The fourth-order valence-electron chi connectivity index (χ4n) is 7.72. The van der Waals surface area contributed by atoms with E-state index in [2.05, 4.69) is 43.2 Å². The van der Waals surface area contributed by atoms with Gasteiger partial charge in [0.1, 0.15) is 6.04 Å². The zero-order valence-corrected chi connectivity index (χ0v) is 37.0. The number of amides is 2. The van der Waals surface area contributed by atoms with Gasteiger partial charge in [-0.2, -0.15) is 11.8 Å². The Kier molecular flexibility index (Phi) is 35.1. The molecule has 0 bridgehead atoms. The smallest absolute Gasteiger partial charge is 0.306 e. The number of hydrogen-bond acceptors (Lipinski definition) is 6. The molecule has 1 aliphatic rings. The van der Waals surface area contributed by atoms with Crippen LogP contribution in [0, 0.1) is 11.8 Å². The fourth-order valence-corrected chi connectivity index (χ4v) is 8.64. The second-order valence-corrected chi connectivity index (χ2v) is 17.7. The maximum Gasteiger partial charge on any atom is 0.306 e. The summed E-state index contributed by atoms with van der Waals surface area (Å²) in [6, 6.07) is -0.545. The number of carbonyl (C=O) groups is 3. The number of likely N-dealkylation sites (tertiary alicyclic amines) is 1. The Bertz CT molecular complexity index is 884. The molecule has 0 aromatic carbocycles. The summed E-state index contributed by atoms with van der Waals surface area (Å²) >= 11 is 1.69. The minimum absolute atomic E-state index is 0.0318. The van der Waals surface area contributed by atoms with E-state index in [1.165, 1.54) is 128 Å². The molecular formula is C46H89N3O4S. The van der Waals surface area contributed by atoms with Crippen molar-refractivity contribution in [3.05, 3.63) is 0 Å². The number of thioether (sulfide) groups is 1. The molecule has 2 amide bonds. The molecule has 8 heteroatoms. The molecule has 318 valence electrons. The molecule has 1 rings (SSSR count). The molecule has 2 N–H and O–H groups in total. The van der Waals surface area contributed by atoms with Gasteiger partial charge in [-0.15, -0.1) is 0 Å². The van der Waals surface area contributed by atoms with Crippen LogP contribution in [0.5, 0.6) is 0 Å². The molecule has 1 fully saturated rings. The van der Waals surface area contributed by atoms with Gasteiger partial charge in [0, 0.05) is 24.8 Å². The van der Waals surface area contributed by atoms with Crippen LogP contribution in [-0.2, 0) is 19.1 Å². The van der Waals surface area contributed by atoms with Crippen LogP contribution in [0.3, 0.4) is 0 Å². The van der Waals surface area contributed by atoms with Crippen LogP contribution >= 0.6 is 11.8 Å². The number of hydrogen-bond donors (Lipinski definition) is 2. The number of nitrogens with one attached hydrogen (secondary N) is 2. The Labute approximate surface area is 339 Å². The highest BCUT2D eigenvalue weighted by Gasteiger charge is 2.25. The molecule has 1 saturated heterocycles. The number of unbranched alkanes of at least 4 members (excludes halogenated alkanes) is 16. The molecule has 0 saturated carbocycles. The van der Waals surface area contributed by atoms with E-state index >= 15 is 0 Å². The minimum atomic E-state index is -0.545. The largest absolute Gasteiger partial charge is 0.465 e. The summed E-state index contributed by atoms with van der Waals surface area (Å²) in [5.41, 5.74) is 0. The van der Waals surface area contributed by atoms with Crippen molar-refractivity contribution in [2.45, 2.75) is 220 Å². The summed E-state index contributed by atoms with van der Waals surface area (Å²) in [5.74, 6) is 1.70. The third-order valence-electron chi connectivity index (χ3n) is 11.4. The van der Waals surface area contributed by atoms with Crippen molar-refractivity contribution >= 4 is 29.5 Å². The van der Waals surface area contributed by atoms with Crippen molar-refractivity contribution in [2.75, 3.05) is 44.3 Å². The second-order valence-electron chi connectivity index (χ2n) is 16.5. The Hall–Kier alpha value is -1.28. The van der Waals surface area contributed by atoms with Gasteiger partial charge in [-0.25, -0.2) is 0 Å². The lowest BCUT2D eigenvalue weighted by molar-refractivity contribution is -0.144. The molecular weight excluding hydrogens is 691 g/mol. The Morgan fingerprint density at radius 3 is 1.65 bits per heavy atom. The predicted octanol–water partition coefficient (Wildman–Crippen LogP) is 11.8. The highest BCUT2D eigenvalue weighted by atomic mass is 32.2. The van der Waals surface area contributed by atoms with Crippen LogP contribution in [0.4, 0.5) is 0 Å². The number of rotatable bonds is 38. The molecule has 0 aliphatic carbocycles. The molecule has 1 heterocycles. The first-order chi connectivity index (χ1) is 26.4. The van der Waals surface area contributed by atoms with Gasteiger partial charge in [-0.1, -0.05) is 163 Å². The standard InChI is InChI=1S/C46H89N3O4S/c1-5-9-13-17-19-23-29-41(28-22-15-11-7-3)40-53-44(50)33-39-54-38-32-43(46(52)47-34-37-49-35-26-21-27-36-49)48-45(51)42(30-24-16-12-8-4)31-25-20-18-14-10-6-2/h41-43H,5-40H2,1-4H3,(H,47,52)(H,48,51). The van der Waals surface area contributed by atoms with Crippen molar-refractivity contribution < 1.29 is 19.1 Å². The van der Waals surface area contributed by atoms with Gasteiger partial charge in [-0.3, -0.25) is 14.4 Å². The molecule has 0 aromatic heterocycles. The summed E-state index contributed by atoms with van der Waals surface area (Å²) in [5, 5.41) is 6.39. The summed E-state index contributed by atoms with van der Waals surface area (Å²) in [4.78, 5) is 42.5. The number of ether oxygens (including phenoxy) is 1. The van der Waals surface area contributed by atoms with E-state index in [1.54, 1.807) is 11.8 Å². The highest BCUT2D eigenvalue weighted by Crippen LogP contribution is 2.22. The average molecular weight is 780 g/mol. The quantitative estimate of drug-likeness (QED) is 0.0479. The summed E-state index contributed by atoms with van der Waals surface area (Å²) < 4.78 is 5.83. The molecule has 0 spiro atoms. The van der Waals surface area contributed by atoms with Gasteiger partial charge in [0.25, 0.3) is 0 Å². The van der Waals surface area contributed by atoms with Crippen LogP contribution in [0.1, 0.15) is 214 Å². The molecule has 0 radical (unpaired) electrons. The van der Waals surface area contributed by atoms with Gasteiger partial charge >= 0.3 is 5.97 Å². The minimum Gasteiger partial charge on any atom is -0.465 e. The first-order valence-electron chi connectivity index (χ1n) is 23.5. The van der Waals surface area contributed by atoms with Crippen molar-refractivity contribution in [3.8, 4) is 0 Å². The monoisotopic (exact) mass is 780 g/mol. The van der Waals surface area contributed by atoms with Crippen LogP contribution in [0.15, 0.2) is 0 Å². The van der Waals surface area contributed by atoms with E-state index in [9.17, 15) is 14.4 Å². The average Bonchev–Trinajstić information content (AvgIpc) is 3.18. The van der Waals surface area contributed by atoms with Crippen molar-refractivity contribution in [1.29, 1.82) is 0 Å². The van der Waals surface area contributed by atoms with E-state index in [-0.39, 0.29) is 23.7 Å². The van der Waals surface area contributed by atoms with Crippen molar-refractivity contribution in [3.63, 3.8) is 0 Å². The first-order valence-corrected chi connectivity index (χ1v) is 24.6. The zero-order valence-electron chi connectivity index (χ0n) is 36.2. The lowest BCUT2D eigenvalue weighted by Gasteiger charge is -2.27. The van der Waals surface area contributed by atoms with Crippen LogP contribution in [-0.4, -0.2) is 73.0 Å². The topological polar surface area (TPSA) is 87.7 Å². The van der Waals surface area contributed by atoms with Gasteiger partial charge in [0.05, 0.1) is 13.0 Å². The predicted molar refractivity (Wildman–Crippen MR) is 233 cm³/mol. The third kappa shape index (κ3) is 29.0. The zero-order chi connectivity index (χ0) is 39.3. The molecule has 0 aromatic rings. The lowest BCUT2D eigenvalue weighted by atomic mass is 9.93. The van der Waals surface area contributed by atoms with E-state index in [4.69, 9.17) is 4.74 Å². The normalized spacial score (nSPS) is 15.1. The summed E-state index contributed by atoms with van der Waals surface area (Å²) in [7, 11) is 0. The molecule has 1 aliphatic heterocycles. The van der Waals surface area contributed by atoms with E-state index < -0.39 is 6.04 Å². The maximum atomic E-state index is 13.8. The van der Waals surface area contributed by atoms with Crippen LogP contribution in [0.25, 0.3) is 0 Å². The molecule has 3 unspecified atom stereocenters. The SMILES string of the molecule is CCCCCCCCC(CCCCCC)COC(=O)CCSCCC(NC(=O)C(CCCCCC)CCCCCCCC)C(=O)NCCN1CCCCC1. The second kappa shape index (κ2) is 37.3. The summed E-state index contributed by atoms with van der Waals surface area (Å²) in [6.45, 7) is 13.2. The molecule has 7 nitrogen and oxygen atoms in total. The van der Waals surface area contributed by atoms with Gasteiger partial charge in [0.15, 0.2) is 0 Å². The van der Waals surface area contributed by atoms with Crippen LogP contribution in [0.2, 0.25) is 0 Å². The van der Waals surface area contributed by atoms with Crippen molar-refractivity contribution in [2.24, 2.45) is 11.8 Å². The number of carbonyl (C=O) groups excluding carboxylic acids is 3.